The van der Waals surface area contributed by atoms with Crippen molar-refractivity contribution in [1.82, 2.24) is 4.90 Å². The van der Waals surface area contributed by atoms with Gasteiger partial charge in [-0.2, -0.15) is 0 Å². The van der Waals surface area contributed by atoms with Gasteiger partial charge in [-0.25, -0.2) is 0 Å². The molecule has 4 nitrogen and oxygen atoms in total. The topological polar surface area (TPSA) is 45.1 Å². The van der Waals surface area contributed by atoms with E-state index in [1.54, 1.807) is 30.2 Å². The van der Waals surface area contributed by atoms with Gasteiger partial charge in [-0.15, -0.1) is 11.3 Å². The Balaban J connectivity index is 1.89. The van der Waals surface area contributed by atoms with E-state index in [4.69, 9.17) is 4.74 Å². The number of fused-ring (bicyclic) bond motifs is 2. The molecule has 2 aromatic rings. The summed E-state index contributed by atoms with van der Waals surface area (Å²) in [5, 5.41) is 12.3. The molecule has 114 valence electrons. The molecular formula is C16H16N2O2S2. The van der Waals surface area contributed by atoms with Gasteiger partial charge in [0.1, 0.15) is 5.75 Å². The molecule has 0 saturated heterocycles. The molecule has 1 unspecified atom stereocenters. The summed E-state index contributed by atoms with van der Waals surface area (Å²) < 4.78 is 6.61. The smallest absolute Gasteiger partial charge is 0.168 e. The van der Waals surface area contributed by atoms with Crippen LogP contribution >= 0.6 is 23.1 Å². The Kier molecular flexibility index (Phi) is 3.40. The summed E-state index contributed by atoms with van der Waals surface area (Å²) in [4.78, 5) is 8.90. The molecule has 1 aromatic carbocycles. The van der Waals surface area contributed by atoms with Gasteiger partial charge in [0, 0.05) is 11.4 Å². The molecule has 1 N–H and O–H groups in total. The number of methoxy groups -OCH3 is 1. The third kappa shape index (κ3) is 2.06. The maximum Gasteiger partial charge on any atom is 0.168 e. The summed E-state index contributed by atoms with van der Waals surface area (Å²) in [6.45, 7) is 3.53. The molecule has 0 amide bonds. The predicted octanol–water partition coefficient (Wildman–Crippen LogP) is 3.38. The summed E-state index contributed by atoms with van der Waals surface area (Å²) in [5.41, 5.74) is 1.11. The van der Waals surface area contributed by atoms with Gasteiger partial charge in [-0.3, -0.25) is 4.99 Å². The monoisotopic (exact) mass is 332 g/mol. The Morgan fingerprint density at radius 3 is 3.05 bits per heavy atom. The SMILES string of the molecule is COc1cccc2cc(C3=C(C(C)O)SC4=NCCN43)sc12. The van der Waals surface area contributed by atoms with Crippen molar-refractivity contribution in [3.8, 4) is 5.75 Å². The highest BCUT2D eigenvalue weighted by Gasteiger charge is 2.35. The zero-order valence-electron chi connectivity index (χ0n) is 12.4. The van der Waals surface area contributed by atoms with Crippen molar-refractivity contribution in [2.24, 2.45) is 4.99 Å². The molecule has 0 radical (unpaired) electrons. The van der Waals surface area contributed by atoms with Crippen LogP contribution in [-0.4, -0.2) is 41.5 Å². The fourth-order valence-electron chi connectivity index (χ4n) is 2.85. The largest absolute Gasteiger partial charge is 0.495 e. The van der Waals surface area contributed by atoms with Crippen LogP contribution in [-0.2, 0) is 0 Å². The molecule has 22 heavy (non-hydrogen) atoms. The van der Waals surface area contributed by atoms with Crippen LogP contribution in [0.2, 0.25) is 0 Å². The summed E-state index contributed by atoms with van der Waals surface area (Å²) in [7, 11) is 1.70. The molecule has 0 bridgehead atoms. The lowest BCUT2D eigenvalue weighted by atomic mass is 10.2. The minimum absolute atomic E-state index is 0.486. The highest BCUT2D eigenvalue weighted by atomic mass is 32.2. The van der Waals surface area contributed by atoms with Crippen molar-refractivity contribution < 1.29 is 9.84 Å². The van der Waals surface area contributed by atoms with Crippen LogP contribution in [0.25, 0.3) is 15.8 Å². The molecule has 0 saturated carbocycles. The van der Waals surface area contributed by atoms with Gasteiger partial charge in [-0.1, -0.05) is 23.9 Å². The molecule has 3 heterocycles. The van der Waals surface area contributed by atoms with E-state index in [1.807, 2.05) is 19.1 Å². The molecule has 6 heteroatoms. The molecule has 2 aliphatic heterocycles. The van der Waals surface area contributed by atoms with Crippen LogP contribution in [0.5, 0.6) is 5.75 Å². The summed E-state index contributed by atoms with van der Waals surface area (Å²) in [5.74, 6) is 0.897. The van der Waals surface area contributed by atoms with Gasteiger partial charge in [0.05, 0.1) is 35.0 Å². The van der Waals surface area contributed by atoms with E-state index in [1.165, 1.54) is 5.39 Å². The highest BCUT2D eigenvalue weighted by molar-refractivity contribution is 8.17. The van der Waals surface area contributed by atoms with E-state index >= 15 is 0 Å². The number of benzene rings is 1. The van der Waals surface area contributed by atoms with Crippen molar-refractivity contribution >= 4 is 44.0 Å². The number of thiophene rings is 1. The molecule has 1 aromatic heterocycles. The first kappa shape index (κ1) is 14.1. The Bertz CT molecular complexity index is 808. The first-order valence-electron chi connectivity index (χ1n) is 7.18. The van der Waals surface area contributed by atoms with E-state index in [0.29, 0.717) is 0 Å². The lowest BCUT2D eigenvalue weighted by Gasteiger charge is -2.16. The lowest BCUT2D eigenvalue weighted by Crippen LogP contribution is -2.19. The maximum atomic E-state index is 10.1. The number of aliphatic imine (C=N–C) groups is 1. The molecule has 1 atom stereocenters. The van der Waals surface area contributed by atoms with E-state index in [9.17, 15) is 5.11 Å². The summed E-state index contributed by atoms with van der Waals surface area (Å²) in [6.07, 6.45) is -0.486. The Hall–Kier alpha value is -1.50. The van der Waals surface area contributed by atoms with Crippen molar-refractivity contribution in [1.29, 1.82) is 0 Å². The van der Waals surface area contributed by atoms with E-state index < -0.39 is 6.10 Å². The molecule has 4 rings (SSSR count). The van der Waals surface area contributed by atoms with Crippen molar-refractivity contribution in [3.63, 3.8) is 0 Å². The number of hydrogen-bond donors (Lipinski definition) is 1. The van der Waals surface area contributed by atoms with Crippen molar-refractivity contribution in [2.45, 2.75) is 13.0 Å². The maximum absolute atomic E-state index is 10.1. The van der Waals surface area contributed by atoms with Crippen LogP contribution < -0.4 is 4.74 Å². The van der Waals surface area contributed by atoms with E-state index in [-0.39, 0.29) is 0 Å². The lowest BCUT2D eigenvalue weighted by molar-refractivity contribution is 0.240. The molecule has 0 spiro atoms. The standard InChI is InChI=1S/C16H16N2O2S2/c1-9(19)14-13(18-7-6-17-16(18)22-14)12-8-10-4-3-5-11(20-2)15(10)21-12/h3-5,8-9,19H,6-7H2,1-2H3. The van der Waals surface area contributed by atoms with Crippen LogP contribution in [0.15, 0.2) is 34.2 Å². The van der Waals surface area contributed by atoms with Gasteiger partial charge >= 0.3 is 0 Å². The normalized spacial score (nSPS) is 18.9. The third-order valence-corrected chi connectivity index (χ3v) is 6.31. The molecule has 2 aliphatic rings. The zero-order chi connectivity index (χ0) is 15.3. The number of amidine groups is 1. The summed E-state index contributed by atoms with van der Waals surface area (Å²) in [6, 6.07) is 8.27. The van der Waals surface area contributed by atoms with E-state index in [2.05, 4.69) is 22.0 Å². The Labute approximate surface area is 137 Å². The quantitative estimate of drug-likeness (QED) is 0.936. The van der Waals surface area contributed by atoms with Gasteiger partial charge in [0.25, 0.3) is 0 Å². The second kappa shape index (κ2) is 5.30. The van der Waals surface area contributed by atoms with Gasteiger partial charge in [-0.05, 0) is 24.4 Å². The second-order valence-corrected chi connectivity index (χ2v) is 7.36. The second-order valence-electron chi connectivity index (χ2n) is 5.30. The molecule has 0 fully saturated rings. The number of aliphatic hydroxyl groups excluding tert-OH is 1. The molecular weight excluding hydrogens is 316 g/mol. The fourth-order valence-corrected chi connectivity index (χ4v) is 5.27. The minimum Gasteiger partial charge on any atom is -0.495 e. The van der Waals surface area contributed by atoms with Crippen LogP contribution in [0.1, 0.15) is 11.8 Å². The summed E-state index contributed by atoms with van der Waals surface area (Å²) >= 11 is 3.30. The van der Waals surface area contributed by atoms with Crippen LogP contribution in [0.3, 0.4) is 0 Å². The third-order valence-electron chi connectivity index (χ3n) is 3.85. The van der Waals surface area contributed by atoms with Gasteiger partial charge in [0.15, 0.2) is 5.17 Å². The van der Waals surface area contributed by atoms with Crippen molar-refractivity contribution in [3.05, 3.63) is 34.0 Å². The van der Waals surface area contributed by atoms with Crippen molar-refractivity contribution in [2.75, 3.05) is 20.2 Å². The zero-order valence-corrected chi connectivity index (χ0v) is 14.0. The predicted molar refractivity (Wildman–Crippen MR) is 93.6 cm³/mol. The Morgan fingerprint density at radius 1 is 1.41 bits per heavy atom. The number of nitrogens with zero attached hydrogens (tertiary/aromatic N) is 2. The highest BCUT2D eigenvalue weighted by Crippen LogP contribution is 2.47. The first-order valence-corrected chi connectivity index (χ1v) is 8.81. The Morgan fingerprint density at radius 2 is 2.27 bits per heavy atom. The van der Waals surface area contributed by atoms with Gasteiger partial charge < -0.3 is 14.7 Å². The average Bonchev–Trinajstić information content (AvgIpc) is 3.18. The number of aliphatic hydroxyl groups is 1. The van der Waals surface area contributed by atoms with E-state index in [0.717, 1.165) is 44.2 Å². The fraction of sp³-hybridized carbons (Fsp3) is 0.312. The average molecular weight is 332 g/mol. The first-order chi connectivity index (χ1) is 10.7. The van der Waals surface area contributed by atoms with Gasteiger partial charge in [0.2, 0.25) is 0 Å². The minimum atomic E-state index is -0.486. The van der Waals surface area contributed by atoms with Crippen LogP contribution in [0, 0.1) is 0 Å². The number of thioether (sulfide) groups is 1. The van der Waals surface area contributed by atoms with Crippen LogP contribution in [0.4, 0.5) is 0 Å². The number of rotatable bonds is 3. The number of hydrogen-bond acceptors (Lipinski definition) is 6. The number of ether oxygens (including phenoxy) is 1. The molecule has 0 aliphatic carbocycles.